The Morgan fingerprint density at radius 3 is 2.55 bits per heavy atom. The zero-order valence-electron chi connectivity index (χ0n) is 11.2. The minimum Gasteiger partial charge on any atom is -0.454 e. The molecule has 1 aromatic carbocycles. The highest BCUT2D eigenvalue weighted by atomic mass is 16.5. The van der Waals surface area contributed by atoms with Crippen LogP contribution < -0.4 is 10.5 Å². The van der Waals surface area contributed by atoms with E-state index in [0.717, 1.165) is 16.6 Å². The lowest BCUT2D eigenvalue weighted by molar-refractivity contribution is 0.478. The van der Waals surface area contributed by atoms with E-state index in [4.69, 9.17) is 10.5 Å². The molecule has 0 aliphatic heterocycles. The molecule has 0 spiro atoms. The SMILES string of the molecule is C[C@H](N)c1ccc(Oc2cnc3ccccc3c2)cn1. The molecular formula is C16H15N3O. The van der Waals surface area contributed by atoms with Gasteiger partial charge in [-0.3, -0.25) is 9.97 Å². The summed E-state index contributed by atoms with van der Waals surface area (Å²) in [7, 11) is 0. The summed E-state index contributed by atoms with van der Waals surface area (Å²) in [5.74, 6) is 1.37. The van der Waals surface area contributed by atoms with Gasteiger partial charge in [-0.15, -0.1) is 0 Å². The van der Waals surface area contributed by atoms with Crippen LogP contribution in [0, 0.1) is 0 Å². The van der Waals surface area contributed by atoms with Crippen molar-refractivity contribution in [3.05, 3.63) is 60.6 Å². The Balaban J connectivity index is 1.85. The second kappa shape index (κ2) is 5.27. The Morgan fingerprint density at radius 1 is 1.00 bits per heavy atom. The molecule has 100 valence electrons. The Morgan fingerprint density at radius 2 is 1.80 bits per heavy atom. The molecule has 0 saturated heterocycles. The van der Waals surface area contributed by atoms with E-state index in [1.54, 1.807) is 12.4 Å². The van der Waals surface area contributed by atoms with E-state index >= 15 is 0 Å². The normalized spacial score (nSPS) is 12.3. The lowest BCUT2D eigenvalue weighted by atomic mass is 10.2. The standard InChI is InChI=1S/C16H15N3O/c1-11(17)15-7-6-13(9-18-15)20-14-8-12-4-2-3-5-16(12)19-10-14/h2-11H,17H2,1H3/t11-/m0/s1. The fourth-order valence-corrected chi connectivity index (χ4v) is 1.96. The van der Waals surface area contributed by atoms with Gasteiger partial charge in [0.15, 0.2) is 0 Å². The van der Waals surface area contributed by atoms with Crippen LogP contribution >= 0.6 is 0 Å². The molecule has 3 rings (SSSR count). The van der Waals surface area contributed by atoms with Gasteiger partial charge >= 0.3 is 0 Å². The molecule has 2 heterocycles. The number of ether oxygens (including phenoxy) is 1. The molecule has 0 fully saturated rings. The molecule has 0 aliphatic carbocycles. The molecule has 3 aromatic rings. The Hall–Kier alpha value is -2.46. The van der Waals surface area contributed by atoms with Crippen LogP contribution in [0.4, 0.5) is 0 Å². The van der Waals surface area contributed by atoms with Crippen molar-refractivity contribution in [1.82, 2.24) is 9.97 Å². The number of hydrogen-bond acceptors (Lipinski definition) is 4. The van der Waals surface area contributed by atoms with Gasteiger partial charge in [-0.05, 0) is 31.2 Å². The molecular weight excluding hydrogens is 250 g/mol. The summed E-state index contributed by atoms with van der Waals surface area (Å²) >= 11 is 0. The van der Waals surface area contributed by atoms with Gasteiger partial charge in [0.25, 0.3) is 0 Å². The zero-order valence-corrected chi connectivity index (χ0v) is 11.2. The van der Waals surface area contributed by atoms with Crippen LogP contribution in [0.25, 0.3) is 10.9 Å². The molecule has 0 bridgehead atoms. The van der Waals surface area contributed by atoms with E-state index in [1.165, 1.54) is 0 Å². The maximum absolute atomic E-state index is 5.77. The van der Waals surface area contributed by atoms with Crippen molar-refractivity contribution in [2.45, 2.75) is 13.0 Å². The third kappa shape index (κ3) is 2.60. The summed E-state index contributed by atoms with van der Waals surface area (Å²) in [5.41, 5.74) is 7.56. The van der Waals surface area contributed by atoms with Crippen LogP contribution in [0.3, 0.4) is 0 Å². The molecule has 2 N–H and O–H groups in total. The first-order chi connectivity index (χ1) is 9.72. The zero-order chi connectivity index (χ0) is 13.9. The van der Waals surface area contributed by atoms with E-state index in [9.17, 15) is 0 Å². The van der Waals surface area contributed by atoms with E-state index in [1.807, 2.05) is 49.4 Å². The lowest BCUT2D eigenvalue weighted by Crippen LogP contribution is -2.06. The van der Waals surface area contributed by atoms with Crippen LogP contribution in [0.1, 0.15) is 18.7 Å². The molecule has 4 nitrogen and oxygen atoms in total. The summed E-state index contributed by atoms with van der Waals surface area (Å²) in [5, 5.41) is 1.05. The molecule has 0 aliphatic rings. The summed E-state index contributed by atoms with van der Waals surface area (Å²) in [6, 6.07) is 13.5. The Kier molecular flexibility index (Phi) is 3.31. The van der Waals surface area contributed by atoms with Crippen molar-refractivity contribution in [1.29, 1.82) is 0 Å². The van der Waals surface area contributed by atoms with Gasteiger partial charge < -0.3 is 10.5 Å². The Bertz CT molecular complexity index is 723. The minimum atomic E-state index is -0.0774. The van der Waals surface area contributed by atoms with Gasteiger partial charge in [-0.2, -0.15) is 0 Å². The van der Waals surface area contributed by atoms with Crippen LogP contribution in [-0.4, -0.2) is 9.97 Å². The third-order valence-electron chi connectivity index (χ3n) is 3.03. The van der Waals surface area contributed by atoms with Crippen LogP contribution in [0.15, 0.2) is 54.9 Å². The highest BCUT2D eigenvalue weighted by Crippen LogP contribution is 2.24. The van der Waals surface area contributed by atoms with Crippen molar-refractivity contribution in [2.24, 2.45) is 5.73 Å². The van der Waals surface area contributed by atoms with E-state index in [0.29, 0.717) is 11.5 Å². The first-order valence-corrected chi connectivity index (χ1v) is 6.46. The van der Waals surface area contributed by atoms with Gasteiger partial charge in [-0.1, -0.05) is 18.2 Å². The summed E-state index contributed by atoms with van der Waals surface area (Å²) in [6.45, 7) is 1.90. The summed E-state index contributed by atoms with van der Waals surface area (Å²) in [4.78, 5) is 8.62. The smallest absolute Gasteiger partial charge is 0.146 e. The van der Waals surface area contributed by atoms with Gasteiger partial charge in [0.05, 0.1) is 23.6 Å². The molecule has 0 amide bonds. The molecule has 1 atom stereocenters. The van der Waals surface area contributed by atoms with E-state index in [-0.39, 0.29) is 6.04 Å². The quantitative estimate of drug-likeness (QED) is 0.788. The van der Waals surface area contributed by atoms with Crippen molar-refractivity contribution >= 4 is 10.9 Å². The lowest BCUT2D eigenvalue weighted by Gasteiger charge is -2.08. The van der Waals surface area contributed by atoms with Crippen LogP contribution in [-0.2, 0) is 0 Å². The number of hydrogen-bond donors (Lipinski definition) is 1. The van der Waals surface area contributed by atoms with Gasteiger partial charge in [0.2, 0.25) is 0 Å². The first-order valence-electron chi connectivity index (χ1n) is 6.46. The minimum absolute atomic E-state index is 0.0774. The molecule has 4 heteroatoms. The van der Waals surface area contributed by atoms with E-state index in [2.05, 4.69) is 9.97 Å². The monoisotopic (exact) mass is 265 g/mol. The molecule has 0 radical (unpaired) electrons. The second-order valence-electron chi connectivity index (χ2n) is 4.67. The van der Waals surface area contributed by atoms with Crippen molar-refractivity contribution < 1.29 is 4.74 Å². The van der Waals surface area contributed by atoms with Gasteiger partial charge in [0.1, 0.15) is 11.5 Å². The molecule has 0 saturated carbocycles. The van der Waals surface area contributed by atoms with Crippen molar-refractivity contribution in [3.8, 4) is 11.5 Å². The fraction of sp³-hybridized carbons (Fsp3) is 0.125. The van der Waals surface area contributed by atoms with Gasteiger partial charge in [0, 0.05) is 11.4 Å². The largest absolute Gasteiger partial charge is 0.454 e. The number of nitrogens with zero attached hydrogens (tertiary/aromatic N) is 2. The Labute approximate surface area is 117 Å². The van der Waals surface area contributed by atoms with Crippen LogP contribution in [0.5, 0.6) is 11.5 Å². The predicted molar refractivity (Wildman–Crippen MR) is 78.7 cm³/mol. The van der Waals surface area contributed by atoms with Crippen molar-refractivity contribution in [2.75, 3.05) is 0 Å². The average molecular weight is 265 g/mol. The summed E-state index contributed by atoms with van der Waals surface area (Å²) < 4.78 is 5.76. The number of fused-ring (bicyclic) bond motifs is 1. The third-order valence-corrected chi connectivity index (χ3v) is 3.03. The maximum Gasteiger partial charge on any atom is 0.146 e. The topological polar surface area (TPSA) is 61.0 Å². The number of pyridine rings is 2. The van der Waals surface area contributed by atoms with Gasteiger partial charge in [-0.25, -0.2) is 0 Å². The highest BCUT2D eigenvalue weighted by molar-refractivity contribution is 5.79. The number of benzene rings is 1. The number of nitrogens with two attached hydrogens (primary N) is 1. The summed E-state index contributed by atoms with van der Waals surface area (Å²) in [6.07, 6.45) is 3.38. The van der Waals surface area contributed by atoms with E-state index < -0.39 is 0 Å². The number of rotatable bonds is 3. The average Bonchev–Trinajstić information content (AvgIpc) is 2.48. The van der Waals surface area contributed by atoms with Crippen molar-refractivity contribution in [3.63, 3.8) is 0 Å². The molecule has 20 heavy (non-hydrogen) atoms. The maximum atomic E-state index is 5.77. The van der Waals surface area contributed by atoms with Crippen LogP contribution in [0.2, 0.25) is 0 Å². The first kappa shape index (κ1) is 12.6. The fourth-order valence-electron chi connectivity index (χ4n) is 1.96. The predicted octanol–water partition coefficient (Wildman–Crippen LogP) is 3.44. The highest BCUT2D eigenvalue weighted by Gasteiger charge is 2.03. The second-order valence-corrected chi connectivity index (χ2v) is 4.67. The molecule has 0 unspecified atom stereocenters. The molecule has 2 aromatic heterocycles. The number of para-hydroxylation sites is 1. The number of aromatic nitrogens is 2.